The molecule has 29 heavy (non-hydrogen) atoms. The van der Waals surface area contributed by atoms with Gasteiger partial charge in [0.15, 0.2) is 0 Å². The standard InChI is InChI=1S/C21H25N3O4S/c1-4-28-19-10-8-18(9-11-19)24(15-5-14-22)21(25)17-6-12-20(13-7-17)29(26,27)23-16(2)3/h6-13,16,23H,4-5,15H2,1-3H3. The second-order valence-corrected chi connectivity index (χ2v) is 8.31. The number of carbonyl (C=O) groups is 1. The lowest BCUT2D eigenvalue weighted by atomic mass is 10.1. The van der Waals surface area contributed by atoms with E-state index in [2.05, 4.69) is 4.72 Å². The van der Waals surface area contributed by atoms with Crippen molar-refractivity contribution in [3.05, 3.63) is 54.1 Å². The molecule has 0 aliphatic carbocycles. The van der Waals surface area contributed by atoms with E-state index >= 15 is 0 Å². The summed E-state index contributed by atoms with van der Waals surface area (Å²) in [5.74, 6) is 0.376. The van der Waals surface area contributed by atoms with Crippen LogP contribution in [0.3, 0.4) is 0 Å². The Hall–Kier alpha value is -2.89. The molecular weight excluding hydrogens is 390 g/mol. The number of nitrogens with one attached hydrogen (secondary N) is 1. The molecule has 7 nitrogen and oxygen atoms in total. The Morgan fingerprint density at radius 1 is 1.14 bits per heavy atom. The first-order valence-electron chi connectivity index (χ1n) is 9.32. The van der Waals surface area contributed by atoms with Crippen molar-refractivity contribution in [3.63, 3.8) is 0 Å². The average molecular weight is 416 g/mol. The number of rotatable bonds is 9. The molecule has 0 aliphatic rings. The van der Waals surface area contributed by atoms with Crippen LogP contribution in [0, 0.1) is 11.3 Å². The molecule has 0 aromatic heterocycles. The fourth-order valence-corrected chi connectivity index (χ4v) is 3.96. The number of hydrogen-bond acceptors (Lipinski definition) is 5. The number of amides is 1. The van der Waals surface area contributed by atoms with Crippen LogP contribution < -0.4 is 14.4 Å². The molecule has 0 saturated carbocycles. The minimum absolute atomic E-state index is 0.0902. The highest BCUT2D eigenvalue weighted by Gasteiger charge is 2.20. The lowest BCUT2D eigenvalue weighted by Crippen LogP contribution is -2.32. The molecule has 0 radical (unpaired) electrons. The van der Waals surface area contributed by atoms with Crippen LogP contribution in [0.15, 0.2) is 53.4 Å². The molecule has 2 aromatic rings. The summed E-state index contributed by atoms with van der Waals surface area (Å²) in [6.45, 7) is 6.12. The first-order valence-corrected chi connectivity index (χ1v) is 10.8. The molecule has 0 saturated heterocycles. The third kappa shape index (κ3) is 6.04. The Balaban J connectivity index is 2.28. The Bertz CT molecular complexity index is 962. The fraction of sp³-hybridized carbons (Fsp3) is 0.333. The maximum Gasteiger partial charge on any atom is 0.258 e. The Morgan fingerprint density at radius 2 is 1.76 bits per heavy atom. The zero-order chi connectivity index (χ0) is 21.4. The summed E-state index contributed by atoms with van der Waals surface area (Å²) in [5, 5.41) is 8.94. The van der Waals surface area contributed by atoms with Crippen molar-refractivity contribution in [3.8, 4) is 11.8 Å². The van der Waals surface area contributed by atoms with Gasteiger partial charge in [0, 0.05) is 23.8 Å². The van der Waals surface area contributed by atoms with Gasteiger partial charge in [0.25, 0.3) is 5.91 Å². The summed E-state index contributed by atoms with van der Waals surface area (Å²) in [4.78, 5) is 14.6. The molecule has 2 aromatic carbocycles. The SMILES string of the molecule is CCOc1ccc(N(CCC#N)C(=O)c2ccc(S(=O)(=O)NC(C)C)cc2)cc1. The van der Waals surface area contributed by atoms with Crippen LogP contribution in [0.5, 0.6) is 5.75 Å². The number of sulfonamides is 1. The van der Waals surface area contributed by atoms with Crippen LogP contribution in [-0.4, -0.2) is 33.5 Å². The van der Waals surface area contributed by atoms with Crippen molar-refractivity contribution >= 4 is 21.6 Å². The van der Waals surface area contributed by atoms with Gasteiger partial charge in [-0.3, -0.25) is 4.79 Å². The molecule has 0 aliphatic heterocycles. The van der Waals surface area contributed by atoms with Crippen molar-refractivity contribution in [2.24, 2.45) is 0 Å². The van der Waals surface area contributed by atoms with Crippen LogP contribution in [0.4, 0.5) is 5.69 Å². The Morgan fingerprint density at radius 3 is 2.28 bits per heavy atom. The van der Waals surface area contributed by atoms with E-state index in [1.165, 1.54) is 29.2 Å². The summed E-state index contributed by atoms with van der Waals surface area (Å²) in [5.41, 5.74) is 0.965. The van der Waals surface area contributed by atoms with Gasteiger partial charge < -0.3 is 9.64 Å². The molecular formula is C21H25N3O4S. The predicted molar refractivity (Wildman–Crippen MR) is 111 cm³/mol. The van der Waals surface area contributed by atoms with E-state index < -0.39 is 10.0 Å². The number of nitriles is 1. The van der Waals surface area contributed by atoms with E-state index in [4.69, 9.17) is 10.00 Å². The van der Waals surface area contributed by atoms with Crippen molar-refractivity contribution in [1.82, 2.24) is 4.72 Å². The summed E-state index contributed by atoms with van der Waals surface area (Å²) in [6.07, 6.45) is 0.170. The van der Waals surface area contributed by atoms with Crippen LogP contribution in [0.2, 0.25) is 0 Å². The lowest BCUT2D eigenvalue weighted by molar-refractivity contribution is 0.0987. The van der Waals surface area contributed by atoms with E-state index in [-0.39, 0.29) is 29.8 Å². The summed E-state index contributed by atoms with van der Waals surface area (Å²) >= 11 is 0. The van der Waals surface area contributed by atoms with E-state index in [1.54, 1.807) is 38.1 Å². The Kier molecular flexibility index (Phi) is 7.76. The van der Waals surface area contributed by atoms with Crippen molar-refractivity contribution < 1.29 is 17.9 Å². The highest BCUT2D eigenvalue weighted by atomic mass is 32.2. The molecule has 0 heterocycles. The van der Waals surface area contributed by atoms with E-state index in [0.29, 0.717) is 23.6 Å². The highest BCUT2D eigenvalue weighted by Crippen LogP contribution is 2.22. The molecule has 0 fully saturated rings. The molecule has 1 amide bonds. The number of nitrogens with zero attached hydrogens (tertiary/aromatic N) is 2. The van der Waals surface area contributed by atoms with Gasteiger partial charge in [0.2, 0.25) is 10.0 Å². The molecule has 2 rings (SSSR count). The van der Waals surface area contributed by atoms with Gasteiger partial charge in [-0.25, -0.2) is 13.1 Å². The maximum absolute atomic E-state index is 13.0. The summed E-state index contributed by atoms with van der Waals surface area (Å²) < 4.78 is 32.4. The van der Waals surface area contributed by atoms with Gasteiger partial charge in [-0.05, 0) is 69.3 Å². The minimum atomic E-state index is -3.63. The van der Waals surface area contributed by atoms with Gasteiger partial charge in [-0.15, -0.1) is 0 Å². The van der Waals surface area contributed by atoms with Gasteiger partial charge in [-0.2, -0.15) is 5.26 Å². The number of benzene rings is 2. The van der Waals surface area contributed by atoms with Crippen LogP contribution >= 0.6 is 0 Å². The molecule has 8 heteroatoms. The van der Waals surface area contributed by atoms with Gasteiger partial charge in [0.05, 0.1) is 24.0 Å². The topological polar surface area (TPSA) is 99.5 Å². The third-order valence-electron chi connectivity index (χ3n) is 3.95. The predicted octanol–water partition coefficient (Wildman–Crippen LogP) is 3.33. The number of hydrogen-bond donors (Lipinski definition) is 1. The van der Waals surface area contributed by atoms with Crippen molar-refractivity contribution in [1.29, 1.82) is 5.26 Å². The number of carbonyl (C=O) groups excluding carboxylic acids is 1. The normalized spacial score (nSPS) is 11.1. The van der Waals surface area contributed by atoms with Crippen LogP contribution in [-0.2, 0) is 10.0 Å². The van der Waals surface area contributed by atoms with Crippen molar-refractivity contribution in [2.75, 3.05) is 18.1 Å². The van der Waals surface area contributed by atoms with E-state index in [1.807, 2.05) is 13.0 Å². The Labute approximate surface area is 172 Å². The fourth-order valence-electron chi connectivity index (χ4n) is 2.71. The lowest BCUT2D eigenvalue weighted by Gasteiger charge is -2.22. The van der Waals surface area contributed by atoms with Crippen LogP contribution in [0.25, 0.3) is 0 Å². The molecule has 0 spiro atoms. The molecule has 154 valence electrons. The summed E-state index contributed by atoms with van der Waals surface area (Å²) in [7, 11) is -3.63. The third-order valence-corrected chi connectivity index (χ3v) is 5.63. The second kappa shape index (κ2) is 10.0. The van der Waals surface area contributed by atoms with Crippen LogP contribution in [0.1, 0.15) is 37.6 Å². The maximum atomic E-state index is 13.0. The van der Waals surface area contributed by atoms with Gasteiger partial charge in [0.1, 0.15) is 5.75 Å². The summed E-state index contributed by atoms with van der Waals surface area (Å²) in [6, 6.07) is 14.6. The largest absolute Gasteiger partial charge is 0.494 e. The molecule has 0 unspecified atom stereocenters. The smallest absolute Gasteiger partial charge is 0.258 e. The van der Waals surface area contributed by atoms with E-state index in [9.17, 15) is 13.2 Å². The number of anilines is 1. The first-order chi connectivity index (χ1) is 13.8. The quantitative estimate of drug-likeness (QED) is 0.677. The molecule has 0 bridgehead atoms. The monoisotopic (exact) mass is 415 g/mol. The van der Waals surface area contributed by atoms with Gasteiger partial charge >= 0.3 is 0 Å². The molecule has 0 atom stereocenters. The number of ether oxygens (including phenoxy) is 1. The minimum Gasteiger partial charge on any atom is -0.494 e. The zero-order valence-electron chi connectivity index (χ0n) is 16.8. The van der Waals surface area contributed by atoms with Crippen molar-refractivity contribution in [2.45, 2.75) is 38.1 Å². The molecule has 1 N–H and O–H groups in total. The first kappa shape index (κ1) is 22.4. The average Bonchev–Trinajstić information content (AvgIpc) is 2.68. The second-order valence-electron chi connectivity index (χ2n) is 6.59. The zero-order valence-corrected chi connectivity index (χ0v) is 17.6. The van der Waals surface area contributed by atoms with Gasteiger partial charge in [-0.1, -0.05) is 0 Å². The highest BCUT2D eigenvalue weighted by molar-refractivity contribution is 7.89. The van der Waals surface area contributed by atoms with E-state index in [0.717, 1.165) is 0 Å².